The smallest absolute Gasteiger partial charge is 0.257 e. The van der Waals surface area contributed by atoms with E-state index in [0.717, 1.165) is 35.4 Å². The van der Waals surface area contributed by atoms with Crippen molar-refractivity contribution in [2.75, 3.05) is 0 Å². The highest BCUT2D eigenvalue weighted by Crippen LogP contribution is 2.31. The second-order valence-electron chi connectivity index (χ2n) is 6.23. The molecule has 122 valence electrons. The van der Waals surface area contributed by atoms with E-state index in [-0.39, 0.29) is 6.04 Å². The molecular weight excluding hydrogens is 322 g/mol. The zero-order valence-electron chi connectivity index (χ0n) is 13.2. The molecule has 1 heterocycles. The minimum absolute atomic E-state index is 0.144. The van der Waals surface area contributed by atoms with Crippen LogP contribution >= 0.6 is 11.6 Å². The first-order chi connectivity index (χ1) is 11.7. The van der Waals surface area contributed by atoms with Gasteiger partial charge in [-0.05, 0) is 60.2 Å². The molecule has 0 fully saturated rings. The van der Waals surface area contributed by atoms with Crippen LogP contribution in [0, 0.1) is 0 Å². The van der Waals surface area contributed by atoms with Crippen molar-refractivity contribution in [3.8, 4) is 11.5 Å². The molecule has 2 aromatic carbocycles. The van der Waals surface area contributed by atoms with Crippen LogP contribution < -0.4 is 5.73 Å². The summed E-state index contributed by atoms with van der Waals surface area (Å²) in [5.41, 5.74) is 10.8. The number of aryl methyl sites for hydroxylation is 1. The molecule has 1 aliphatic carbocycles. The molecule has 1 aliphatic rings. The Kier molecular flexibility index (Phi) is 4.08. The summed E-state index contributed by atoms with van der Waals surface area (Å²) in [6.45, 7) is 0. The van der Waals surface area contributed by atoms with Gasteiger partial charge in [0, 0.05) is 23.0 Å². The topological polar surface area (TPSA) is 64.9 Å². The third-order valence-corrected chi connectivity index (χ3v) is 4.75. The molecule has 0 aliphatic heterocycles. The standard InChI is InChI=1S/C19H18ClN3O/c20-15-7-4-12(5-8-15)10-18-22-19(24-23-18)14-6-9-16-13(11-14)2-1-3-17(16)21/h4-9,11,17H,1-3,10,21H2. The lowest BCUT2D eigenvalue weighted by Crippen LogP contribution is -2.17. The zero-order valence-corrected chi connectivity index (χ0v) is 14.0. The minimum atomic E-state index is 0.144. The lowest BCUT2D eigenvalue weighted by molar-refractivity contribution is 0.424. The fourth-order valence-corrected chi connectivity index (χ4v) is 3.34. The van der Waals surface area contributed by atoms with Crippen LogP contribution in [0.2, 0.25) is 5.02 Å². The predicted molar refractivity (Wildman–Crippen MR) is 93.9 cm³/mol. The van der Waals surface area contributed by atoms with Crippen molar-refractivity contribution in [3.63, 3.8) is 0 Å². The highest BCUT2D eigenvalue weighted by atomic mass is 35.5. The van der Waals surface area contributed by atoms with Crippen molar-refractivity contribution in [2.24, 2.45) is 5.73 Å². The van der Waals surface area contributed by atoms with Crippen LogP contribution in [0.15, 0.2) is 47.0 Å². The van der Waals surface area contributed by atoms with Crippen LogP contribution in [0.25, 0.3) is 11.5 Å². The van der Waals surface area contributed by atoms with Gasteiger partial charge in [0.2, 0.25) is 0 Å². The van der Waals surface area contributed by atoms with Gasteiger partial charge < -0.3 is 10.3 Å². The number of hydrogen-bond acceptors (Lipinski definition) is 4. The van der Waals surface area contributed by atoms with E-state index in [9.17, 15) is 0 Å². The van der Waals surface area contributed by atoms with Crippen molar-refractivity contribution < 1.29 is 4.52 Å². The van der Waals surface area contributed by atoms with Crippen LogP contribution in [-0.2, 0) is 12.8 Å². The molecular formula is C19H18ClN3O. The lowest BCUT2D eigenvalue weighted by Gasteiger charge is -2.22. The fourth-order valence-electron chi connectivity index (χ4n) is 3.21. The van der Waals surface area contributed by atoms with Gasteiger partial charge >= 0.3 is 0 Å². The van der Waals surface area contributed by atoms with Crippen LogP contribution in [0.5, 0.6) is 0 Å². The Morgan fingerprint density at radius 1 is 1.17 bits per heavy atom. The molecule has 4 nitrogen and oxygen atoms in total. The van der Waals surface area contributed by atoms with Gasteiger partial charge in [0.15, 0.2) is 5.82 Å². The van der Waals surface area contributed by atoms with Gasteiger partial charge in [-0.25, -0.2) is 0 Å². The van der Waals surface area contributed by atoms with E-state index in [4.69, 9.17) is 21.9 Å². The van der Waals surface area contributed by atoms with Crippen LogP contribution in [-0.4, -0.2) is 10.1 Å². The summed E-state index contributed by atoms with van der Waals surface area (Å²) in [5, 5.41) is 4.82. The third-order valence-electron chi connectivity index (χ3n) is 4.49. The molecule has 0 bridgehead atoms. The van der Waals surface area contributed by atoms with E-state index in [1.54, 1.807) is 0 Å². The summed E-state index contributed by atoms with van der Waals surface area (Å²) in [4.78, 5) is 4.52. The van der Waals surface area contributed by atoms with Crippen molar-refractivity contribution in [3.05, 3.63) is 70.0 Å². The summed E-state index contributed by atoms with van der Waals surface area (Å²) in [5.74, 6) is 1.22. The molecule has 0 saturated heterocycles. The van der Waals surface area contributed by atoms with Gasteiger partial charge in [-0.3, -0.25) is 0 Å². The Labute approximate surface area is 145 Å². The molecule has 24 heavy (non-hydrogen) atoms. The fraction of sp³-hybridized carbons (Fsp3) is 0.263. The number of nitrogens with zero attached hydrogens (tertiary/aromatic N) is 2. The first kappa shape index (κ1) is 15.4. The maximum Gasteiger partial charge on any atom is 0.257 e. The second kappa shape index (κ2) is 6.38. The Balaban J connectivity index is 1.57. The molecule has 5 heteroatoms. The quantitative estimate of drug-likeness (QED) is 0.772. The van der Waals surface area contributed by atoms with Gasteiger partial charge in [-0.15, -0.1) is 0 Å². The zero-order chi connectivity index (χ0) is 16.5. The number of hydrogen-bond donors (Lipinski definition) is 1. The number of halogens is 1. The monoisotopic (exact) mass is 339 g/mol. The SMILES string of the molecule is NC1CCCc2cc(-c3nc(Cc4ccc(Cl)cc4)no3)ccc21. The lowest BCUT2D eigenvalue weighted by atomic mass is 9.87. The Morgan fingerprint density at radius 2 is 2.00 bits per heavy atom. The van der Waals surface area contributed by atoms with Gasteiger partial charge in [0.05, 0.1) is 0 Å². The molecule has 0 amide bonds. The largest absolute Gasteiger partial charge is 0.334 e. The van der Waals surface area contributed by atoms with Crippen LogP contribution in [0.4, 0.5) is 0 Å². The van der Waals surface area contributed by atoms with E-state index in [2.05, 4.69) is 22.3 Å². The first-order valence-electron chi connectivity index (χ1n) is 8.15. The summed E-state index contributed by atoms with van der Waals surface area (Å²) in [6.07, 6.45) is 3.86. The third kappa shape index (κ3) is 3.07. The second-order valence-corrected chi connectivity index (χ2v) is 6.67. The minimum Gasteiger partial charge on any atom is -0.334 e. The van der Waals surface area contributed by atoms with Crippen molar-refractivity contribution in [2.45, 2.75) is 31.7 Å². The number of nitrogens with two attached hydrogens (primary N) is 1. The highest BCUT2D eigenvalue weighted by Gasteiger charge is 2.18. The summed E-state index contributed by atoms with van der Waals surface area (Å²) < 4.78 is 5.45. The van der Waals surface area contributed by atoms with Crippen LogP contribution in [0.3, 0.4) is 0 Å². The Morgan fingerprint density at radius 3 is 2.83 bits per heavy atom. The summed E-state index contributed by atoms with van der Waals surface area (Å²) in [6, 6.07) is 14.1. The van der Waals surface area contributed by atoms with Crippen molar-refractivity contribution in [1.82, 2.24) is 10.1 Å². The number of fused-ring (bicyclic) bond motifs is 1. The molecule has 0 radical (unpaired) electrons. The molecule has 4 rings (SSSR count). The van der Waals surface area contributed by atoms with E-state index >= 15 is 0 Å². The predicted octanol–water partition coefficient (Wildman–Crippen LogP) is 4.32. The van der Waals surface area contributed by atoms with Gasteiger partial charge in [0.25, 0.3) is 5.89 Å². The molecule has 0 spiro atoms. The highest BCUT2D eigenvalue weighted by molar-refractivity contribution is 6.30. The van der Waals surface area contributed by atoms with Crippen LogP contribution in [0.1, 0.15) is 41.4 Å². The van der Waals surface area contributed by atoms with Gasteiger partial charge in [-0.2, -0.15) is 4.98 Å². The summed E-state index contributed by atoms with van der Waals surface area (Å²) >= 11 is 5.91. The number of aromatic nitrogens is 2. The average Bonchev–Trinajstić information content (AvgIpc) is 3.05. The maximum absolute atomic E-state index is 6.17. The summed E-state index contributed by atoms with van der Waals surface area (Å²) in [7, 11) is 0. The Bertz CT molecular complexity index is 857. The van der Waals surface area contributed by atoms with E-state index in [0.29, 0.717) is 18.1 Å². The average molecular weight is 340 g/mol. The van der Waals surface area contributed by atoms with Crippen molar-refractivity contribution in [1.29, 1.82) is 0 Å². The number of rotatable bonds is 3. The molecule has 2 N–H and O–H groups in total. The van der Waals surface area contributed by atoms with Gasteiger partial charge in [0.1, 0.15) is 0 Å². The van der Waals surface area contributed by atoms with E-state index in [1.165, 1.54) is 11.1 Å². The Hall–Kier alpha value is -2.17. The van der Waals surface area contributed by atoms with Gasteiger partial charge in [-0.1, -0.05) is 35.0 Å². The van der Waals surface area contributed by atoms with E-state index < -0.39 is 0 Å². The number of benzene rings is 2. The molecule has 1 atom stereocenters. The normalized spacial score (nSPS) is 16.8. The molecule has 1 aromatic heterocycles. The molecule has 3 aromatic rings. The van der Waals surface area contributed by atoms with Crippen molar-refractivity contribution >= 4 is 11.6 Å². The maximum atomic E-state index is 6.17. The molecule has 0 saturated carbocycles. The van der Waals surface area contributed by atoms with E-state index in [1.807, 2.05) is 30.3 Å². The first-order valence-corrected chi connectivity index (χ1v) is 8.52. The molecule has 1 unspecified atom stereocenters.